The summed E-state index contributed by atoms with van der Waals surface area (Å²) in [5, 5.41) is 8.31. The second kappa shape index (κ2) is 10.2. The lowest BCUT2D eigenvalue weighted by molar-refractivity contribution is -0.0352. The molecule has 2 fully saturated rings. The zero-order valence-electron chi connectivity index (χ0n) is 18.2. The molecule has 6 heteroatoms. The summed E-state index contributed by atoms with van der Waals surface area (Å²) in [5.41, 5.74) is 2.46. The molecule has 1 aromatic heterocycles. The van der Waals surface area contributed by atoms with Gasteiger partial charge < -0.3 is 15.4 Å². The fourth-order valence-corrected chi connectivity index (χ4v) is 4.90. The highest BCUT2D eigenvalue weighted by Crippen LogP contribution is 2.33. The summed E-state index contributed by atoms with van der Waals surface area (Å²) >= 11 is 0. The first-order chi connectivity index (χ1) is 14.8. The number of hydrogen-bond acceptors (Lipinski definition) is 4. The Bertz CT molecular complexity index is 835. The molecule has 162 valence electrons. The predicted octanol–water partition coefficient (Wildman–Crippen LogP) is 3.33. The fourth-order valence-electron chi connectivity index (χ4n) is 4.90. The molecular weight excluding hydrogens is 374 g/mol. The van der Waals surface area contributed by atoms with E-state index in [1.54, 1.807) is 0 Å². The number of guanidine groups is 1. The Morgan fingerprint density at radius 3 is 2.70 bits per heavy atom. The van der Waals surface area contributed by atoms with Crippen LogP contribution in [-0.2, 0) is 11.3 Å². The highest BCUT2D eigenvalue weighted by atomic mass is 16.5. The average molecular weight is 410 g/mol. The molecule has 2 N–H and O–H groups in total. The van der Waals surface area contributed by atoms with E-state index in [0.717, 1.165) is 50.9 Å². The maximum absolute atomic E-state index is 5.62. The van der Waals surface area contributed by atoms with Gasteiger partial charge in [0, 0.05) is 43.3 Å². The van der Waals surface area contributed by atoms with Crippen LogP contribution in [0.5, 0.6) is 0 Å². The first kappa shape index (κ1) is 21.1. The van der Waals surface area contributed by atoms with Crippen LogP contribution < -0.4 is 10.6 Å². The molecule has 1 saturated carbocycles. The highest BCUT2D eigenvalue weighted by molar-refractivity contribution is 5.83. The average Bonchev–Trinajstić information content (AvgIpc) is 2.82. The van der Waals surface area contributed by atoms with Crippen LogP contribution in [0.4, 0.5) is 0 Å². The summed E-state index contributed by atoms with van der Waals surface area (Å²) in [5.74, 6) is 0.900. The standard InChI is InChI=1S/C24H35N5O/c1-2-25-23(27-18-20-10-13-26-22-9-5-4-8-21(20)22)28-19-24(11-6-3-7-12-24)29-14-16-30-17-15-29/h4-5,8-10,13H,2-3,6-7,11-12,14-19H2,1H3,(H2,25,27,28). The zero-order chi connectivity index (χ0) is 20.7. The maximum atomic E-state index is 5.62. The molecule has 0 spiro atoms. The molecule has 6 nitrogen and oxygen atoms in total. The lowest BCUT2D eigenvalue weighted by Crippen LogP contribution is -2.60. The van der Waals surface area contributed by atoms with Gasteiger partial charge in [0.1, 0.15) is 0 Å². The Hall–Kier alpha value is -2.18. The Labute approximate surface area is 180 Å². The second-order valence-electron chi connectivity index (χ2n) is 8.42. The van der Waals surface area contributed by atoms with Gasteiger partial charge in [-0.25, -0.2) is 4.99 Å². The van der Waals surface area contributed by atoms with Crippen molar-refractivity contribution in [3.8, 4) is 0 Å². The van der Waals surface area contributed by atoms with E-state index in [0.29, 0.717) is 6.54 Å². The number of fused-ring (bicyclic) bond motifs is 1. The van der Waals surface area contributed by atoms with E-state index in [4.69, 9.17) is 9.73 Å². The summed E-state index contributed by atoms with van der Waals surface area (Å²) in [6.45, 7) is 8.34. The summed E-state index contributed by atoms with van der Waals surface area (Å²) in [6.07, 6.45) is 8.38. The number of para-hydroxylation sites is 1. The highest BCUT2D eigenvalue weighted by Gasteiger charge is 2.38. The minimum atomic E-state index is 0.224. The van der Waals surface area contributed by atoms with Crippen LogP contribution in [0.1, 0.15) is 44.6 Å². The number of morpholine rings is 1. The number of rotatable bonds is 6. The molecule has 0 amide bonds. The van der Waals surface area contributed by atoms with Crippen molar-refractivity contribution < 1.29 is 4.74 Å². The Balaban J connectivity index is 1.47. The van der Waals surface area contributed by atoms with Crippen molar-refractivity contribution in [3.05, 3.63) is 42.1 Å². The van der Waals surface area contributed by atoms with Gasteiger partial charge in [-0.1, -0.05) is 37.5 Å². The van der Waals surface area contributed by atoms with Crippen molar-refractivity contribution in [1.82, 2.24) is 20.5 Å². The normalized spacial score (nSPS) is 20.2. The van der Waals surface area contributed by atoms with Crippen molar-refractivity contribution in [1.29, 1.82) is 0 Å². The summed E-state index contributed by atoms with van der Waals surface area (Å²) in [6, 6.07) is 10.4. The summed E-state index contributed by atoms with van der Waals surface area (Å²) < 4.78 is 5.62. The molecule has 0 bridgehead atoms. The Morgan fingerprint density at radius 2 is 1.90 bits per heavy atom. The van der Waals surface area contributed by atoms with Gasteiger partial charge in [0.25, 0.3) is 0 Å². The molecule has 1 aliphatic heterocycles. The van der Waals surface area contributed by atoms with E-state index in [-0.39, 0.29) is 5.54 Å². The van der Waals surface area contributed by atoms with Crippen molar-refractivity contribution in [2.75, 3.05) is 39.4 Å². The van der Waals surface area contributed by atoms with Gasteiger partial charge in [0.15, 0.2) is 5.96 Å². The first-order valence-electron chi connectivity index (χ1n) is 11.5. The number of aromatic nitrogens is 1. The maximum Gasteiger partial charge on any atom is 0.191 e. The smallest absolute Gasteiger partial charge is 0.191 e. The van der Waals surface area contributed by atoms with Crippen LogP contribution in [0.25, 0.3) is 10.9 Å². The molecule has 1 aliphatic carbocycles. The topological polar surface area (TPSA) is 61.8 Å². The molecule has 2 aliphatic rings. The number of benzene rings is 1. The number of nitrogens with one attached hydrogen (secondary N) is 2. The SMILES string of the molecule is CCNC(=NCc1ccnc2ccccc12)NCC1(N2CCOCC2)CCCCC1. The number of pyridine rings is 1. The second-order valence-corrected chi connectivity index (χ2v) is 8.42. The fraction of sp³-hybridized carbons (Fsp3) is 0.583. The third kappa shape index (κ3) is 4.93. The molecular formula is C24H35N5O. The van der Waals surface area contributed by atoms with E-state index in [2.05, 4.69) is 51.7 Å². The minimum Gasteiger partial charge on any atom is -0.379 e. The molecule has 0 unspecified atom stereocenters. The third-order valence-corrected chi connectivity index (χ3v) is 6.54. The first-order valence-corrected chi connectivity index (χ1v) is 11.5. The largest absolute Gasteiger partial charge is 0.379 e. The lowest BCUT2D eigenvalue weighted by atomic mass is 9.80. The van der Waals surface area contributed by atoms with Crippen molar-refractivity contribution >= 4 is 16.9 Å². The monoisotopic (exact) mass is 409 g/mol. The minimum absolute atomic E-state index is 0.224. The molecule has 0 radical (unpaired) electrons. The summed E-state index contributed by atoms with van der Waals surface area (Å²) in [7, 11) is 0. The number of hydrogen-bond donors (Lipinski definition) is 2. The molecule has 1 aromatic carbocycles. The number of ether oxygens (including phenoxy) is 1. The van der Waals surface area contributed by atoms with E-state index < -0.39 is 0 Å². The quantitative estimate of drug-likeness (QED) is 0.566. The van der Waals surface area contributed by atoms with Crippen molar-refractivity contribution in [3.63, 3.8) is 0 Å². The molecule has 2 heterocycles. The number of nitrogens with zero attached hydrogens (tertiary/aromatic N) is 3. The van der Waals surface area contributed by atoms with Crippen molar-refractivity contribution in [2.45, 2.75) is 51.1 Å². The summed E-state index contributed by atoms with van der Waals surface area (Å²) in [4.78, 5) is 12.1. The van der Waals surface area contributed by atoms with E-state index >= 15 is 0 Å². The zero-order valence-corrected chi connectivity index (χ0v) is 18.2. The molecule has 1 saturated heterocycles. The van der Waals surface area contributed by atoms with Crippen molar-refractivity contribution in [2.24, 2.45) is 4.99 Å². The van der Waals surface area contributed by atoms with Gasteiger partial charge in [-0.2, -0.15) is 0 Å². The molecule has 30 heavy (non-hydrogen) atoms. The molecule has 2 aromatic rings. The van der Waals surface area contributed by atoms with Crippen LogP contribution in [0.3, 0.4) is 0 Å². The van der Waals surface area contributed by atoms with E-state index in [9.17, 15) is 0 Å². The predicted molar refractivity (Wildman–Crippen MR) is 123 cm³/mol. The van der Waals surface area contributed by atoms with E-state index in [1.165, 1.54) is 43.1 Å². The van der Waals surface area contributed by atoms with Gasteiger partial charge in [0.05, 0.1) is 25.3 Å². The lowest BCUT2D eigenvalue weighted by Gasteiger charge is -2.48. The van der Waals surface area contributed by atoms with Crippen LogP contribution >= 0.6 is 0 Å². The molecule has 0 atom stereocenters. The van der Waals surface area contributed by atoms with Gasteiger partial charge in [0.2, 0.25) is 0 Å². The van der Waals surface area contributed by atoms with Crippen LogP contribution in [0.15, 0.2) is 41.5 Å². The Morgan fingerprint density at radius 1 is 1.10 bits per heavy atom. The number of aliphatic imine (C=N–C) groups is 1. The van der Waals surface area contributed by atoms with Gasteiger partial charge in [-0.3, -0.25) is 9.88 Å². The van der Waals surface area contributed by atoms with Crippen LogP contribution in [0.2, 0.25) is 0 Å². The Kier molecular flexibility index (Phi) is 7.18. The van der Waals surface area contributed by atoms with Crippen LogP contribution in [-0.4, -0.2) is 60.8 Å². The van der Waals surface area contributed by atoms with Gasteiger partial charge in [-0.05, 0) is 37.5 Å². The molecule has 4 rings (SSSR count). The third-order valence-electron chi connectivity index (χ3n) is 6.54. The van der Waals surface area contributed by atoms with Crippen LogP contribution in [0, 0.1) is 0 Å². The van der Waals surface area contributed by atoms with E-state index in [1.807, 2.05) is 12.3 Å². The van der Waals surface area contributed by atoms with Gasteiger partial charge in [-0.15, -0.1) is 0 Å². The van der Waals surface area contributed by atoms with Gasteiger partial charge >= 0.3 is 0 Å².